The first-order chi connectivity index (χ1) is 12.8. The molecule has 26 heavy (non-hydrogen) atoms. The van der Waals surface area contributed by atoms with Crippen LogP contribution in [0.15, 0.2) is 42.5 Å². The van der Waals surface area contributed by atoms with Crippen LogP contribution < -0.4 is 19.5 Å². The van der Waals surface area contributed by atoms with Gasteiger partial charge in [-0.05, 0) is 55.3 Å². The summed E-state index contributed by atoms with van der Waals surface area (Å²) >= 11 is 0. The Morgan fingerprint density at radius 1 is 1.00 bits per heavy atom. The van der Waals surface area contributed by atoms with Crippen LogP contribution in [-0.2, 0) is 0 Å². The monoisotopic (exact) mass is 354 g/mol. The van der Waals surface area contributed by atoms with Crippen molar-refractivity contribution in [1.29, 1.82) is 0 Å². The molecule has 2 heterocycles. The van der Waals surface area contributed by atoms with Gasteiger partial charge in [0.15, 0.2) is 11.5 Å². The predicted molar refractivity (Wildman–Crippen MR) is 101 cm³/mol. The minimum absolute atomic E-state index is 0.195. The lowest BCUT2D eigenvalue weighted by Gasteiger charge is -2.31. The largest absolute Gasteiger partial charge is 0.494 e. The van der Waals surface area contributed by atoms with E-state index in [4.69, 9.17) is 14.2 Å². The smallest absolute Gasteiger partial charge is 0.231 e. The molecule has 5 nitrogen and oxygen atoms in total. The van der Waals surface area contributed by atoms with E-state index in [9.17, 15) is 0 Å². The molecule has 1 unspecified atom stereocenters. The Labute approximate surface area is 154 Å². The van der Waals surface area contributed by atoms with E-state index in [2.05, 4.69) is 46.6 Å². The molecule has 0 aromatic heterocycles. The molecule has 1 atom stereocenters. The van der Waals surface area contributed by atoms with Crippen LogP contribution in [0.3, 0.4) is 0 Å². The number of fused-ring (bicyclic) bond motifs is 1. The molecule has 1 fully saturated rings. The first kappa shape index (κ1) is 17.2. The summed E-state index contributed by atoms with van der Waals surface area (Å²) in [6, 6.07) is 15.0. The Balaban J connectivity index is 1.68. The molecule has 1 N–H and O–H groups in total. The van der Waals surface area contributed by atoms with Gasteiger partial charge in [-0.15, -0.1) is 0 Å². The SMILES string of the molecule is CCOc1ccc(C(c2ccc3c(c2)OCO3)N2CCCNCC2)cc1. The molecule has 0 saturated carbocycles. The fourth-order valence-corrected chi connectivity index (χ4v) is 3.74. The zero-order valence-electron chi connectivity index (χ0n) is 15.2. The lowest BCUT2D eigenvalue weighted by Crippen LogP contribution is -2.33. The van der Waals surface area contributed by atoms with Gasteiger partial charge in [0.25, 0.3) is 0 Å². The normalized spacial score (nSPS) is 18.3. The number of hydrogen-bond acceptors (Lipinski definition) is 5. The van der Waals surface area contributed by atoms with Crippen molar-refractivity contribution in [2.75, 3.05) is 39.6 Å². The highest BCUT2D eigenvalue weighted by atomic mass is 16.7. The molecule has 0 spiro atoms. The van der Waals surface area contributed by atoms with Crippen molar-refractivity contribution in [2.45, 2.75) is 19.4 Å². The molecule has 2 aromatic carbocycles. The van der Waals surface area contributed by atoms with Crippen molar-refractivity contribution in [1.82, 2.24) is 10.2 Å². The maximum atomic E-state index is 5.62. The Hall–Kier alpha value is -2.24. The van der Waals surface area contributed by atoms with Gasteiger partial charge in [0.05, 0.1) is 12.6 Å². The average molecular weight is 354 g/mol. The quantitative estimate of drug-likeness (QED) is 0.893. The number of rotatable bonds is 5. The van der Waals surface area contributed by atoms with Crippen molar-refractivity contribution >= 4 is 0 Å². The number of ether oxygens (including phenoxy) is 3. The van der Waals surface area contributed by atoms with Crippen molar-refractivity contribution in [3.8, 4) is 17.2 Å². The fraction of sp³-hybridized carbons (Fsp3) is 0.429. The summed E-state index contributed by atoms with van der Waals surface area (Å²) in [5.41, 5.74) is 2.51. The molecule has 0 aliphatic carbocycles. The highest BCUT2D eigenvalue weighted by Crippen LogP contribution is 2.38. The van der Waals surface area contributed by atoms with Crippen LogP contribution >= 0.6 is 0 Å². The van der Waals surface area contributed by atoms with Crippen molar-refractivity contribution in [3.05, 3.63) is 53.6 Å². The van der Waals surface area contributed by atoms with Crippen LogP contribution in [0.1, 0.15) is 30.5 Å². The highest BCUT2D eigenvalue weighted by molar-refractivity contribution is 5.47. The highest BCUT2D eigenvalue weighted by Gasteiger charge is 2.25. The van der Waals surface area contributed by atoms with Gasteiger partial charge in [-0.25, -0.2) is 0 Å². The first-order valence-corrected chi connectivity index (χ1v) is 9.42. The molecule has 2 aliphatic rings. The van der Waals surface area contributed by atoms with Gasteiger partial charge in [0.1, 0.15) is 5.75 Å². The standard InChI is InChI=1S/C21H26N2O3/c1-2-24-18-7-4-16(5-8-18)21(23-12-3-10-22-11-13-23)17-6-9-19-20(14-17)26-15-25-19/h4-9,14,21-22H,2-3,10-13,15H2,1H3. The molecule has 5 heteroatoms. The fourth-order valence-electron chi connectivity index (χ4n) is 3.74. The van der Waals surface area contributed by atoms with Crippen molar-refractivity contribution in [3.63, 3.8) is 0 Å². The molecule has 0 radical (unpaired) electrons. The third-order valence-electron chi connectivity index (χ3n) is 4.96. The number of benzene rings is 2. The summed E-state index contributed by atoms with van der Waals surface area (Å²) < 4.78 is 16.7. The molecule has 0 bridgehead atoms. The lowest BCUT2D eigenvalue weighted by molar-refractivity contribution is 0.173. The topological polar surface area (TPSA) is 43.0 Å². The van der Waals surface area contributed by atoms with E-state index in [-0.39, 0.29) is 6.04 Å². The van der Waals surface area contributed by atoms with Gasteiger partial charge < -0.3 is 19.5 Å². The first-order valence-electron chi connectivity index (χ1n) is 9.42. The van der Waals surface area contributed by atoms with Crippen LogP contribution in [0.2, 0.25) is 0 Å². The molecular formula is C21H26N2O3. The Morgan fingerprint density at radius 2 is 1.81 bits per heavy atom. The van der Waals surface area contributed by atoms with Crippen LogP contribution in [0.25, 0.3) is 0 Å². The third kappa shape index (κ3) is 3.64. The van der Waals surface area contributed by atoms with Crippen LogP contribution in [0.5, 0.6) is 17.2 Å². The minimum atomic E-state index is 0.195. The summed E-state index contributed by atoms with van der Waals surface area (Å²) in [5, 5.41) is 3.50. The van der Waals surface area contributed by atoms with Crippen LogP contribution in [-0.4, -0.2) is 44.5 Å². The number of nitrogens with one attached hydrogen (secondary N) is 1. The van der Waals surface area contributed by atoms with Gasteiger partial charge in [-0.3, -0.25) is 4.90 Å². The second-order valence-corrected chi connectivity index (χ2v) is 6.66. The maximum absolute atomic E-state index is 5.62. The molecule has 0 amide bonds. The van der Waals surface area contributed by atoms with Crippen molar-refractivity contribution in [2.24, 2.45) is 0 Å². The van der Waals surface area contributed by atoms with E-state index in [1.807, 2.05) is 13.0 Å². The van der Waals surface area contributed by atoms with E-state index in [0.717, 1.165) is 49.8 Å². The maximum Gasteiger partial charge on any atom is 0.231 e. The van der Waals surface area contributed by atoms with E-state index in [1.165, 1.54) is 11.1 Å². The zero-order chi connectivity index (χ0) is 17.8. The van der Waals surface area contributed by atoms with Gasteiger partial charge >= 0.3 is 0 Å². The number of hydrogen-bond donors (Lipinski definition) is 1. The summed E-state index contributed by atoms with van der Waals surface area (Å²) in [6.45, 7) is 7.17. The summed E-state index contributed by atoms with van der Waals surface area (Å²) in [5.74, 6) is 2.58. The van der Waals surface area contributed by atoms with E-state index in [0.29, 0.717) is 13.4 Å². The molecule has 1 saturated heterocycles. The Bertz CT molecular complexity index is 725. The summed E-state index contributed by atoms with van der Waals surface area (Å²) in [4.78, 5) is 2.55. The number of nitrogens with zero attached hydrogens (tertiary/aromatic N) is 1. The minimum Gasteiger partial charge on any atom is -0.494 e. The predicted octanol–water partition coefficient (Wildman–Crippen LogP) is 3.20. The Morgan fingerprint density at radius 3 is 2.65 bits per heavy atom. The van der Waals surface area contributed by atoms with E-state index < -0.39 is 0 Å². The van der Waals surface area contributed by atoms with E-state index >= 15 is 0 Å². The van der Waals surface area contributed by atoms with Gasteiger partial charge in [0.2, 0.25) is 6.79 Å². The second-order valence-electron chi connectivity index (χ2n) is 6.66. The molecule has 4 rings (SSSR count). The van der Waals surface area contributed by atoms with Gasteiger partial charge in [-0.2, -0.15) is 0 Å². The van der Waals surface area contributed by atoms with Gasteiger partial charge in [-0.1, -0.05) is 18.2 Å². The molecular weight excluding hydrogens is 328 g/mol. The average Bonchev–Trinajstić information content (AvgIpc) is 2.98. The van der Waals surface area contributed by atoms with Gasteiger partial charge in [0, 0.05) is 19.6 Å². The third-order valence-corrected chi connectivity index (χ3v) is 4.96. The van der Waals surface area contributed by atoms with Crippen LogP contribution in [0.4, 0.5) is 0 Å². The molecule has 2 aliphatic heterocycles. The molecule has 2 aromatic rings. The zero-order valence-corrected chi connectivity index (χ0v) is 15.2. The Kier molecular flexibility index (Phi) is 5.27. The lowest BCUT2D eigenvalue weighted by atomic mass is 9.96. The summed E-state index contributed by atoms with van der Waals surface area (Å²) in [7, 11) is 0. The molecule has 138 valence electrons. The second kappa shape index (κ2) is 7.98. The van der Waals surface area contributed by atoms with Crippen molar-refractivity contribution < 1.29 is 14.2 Å². The van der Waals surface area contributed by atoms with Crippen LogP contribution in [0, 0.1) is 0 Å². The summed E-state index contributed by atoms with van der Waals surface area (Å²) in [6.07, 6.45) is 1.15. The van der Waals surface area contributed by atoms with E-state index in [1.54, 1.807) is 0 Å².